The van der Waals surface area contributed by atoms with Gasteiger partial charge in [0.05, 0.1) is 0 Å². The molecule has 0 amide bonds. The van der Waals surface area contributed by atoms with E-state index in [2.05, 4.69) is 37.8 Å². The van der Waals surface area contributed by atoms with Crippen LogP contribution in [0.2, 0.25) is 0 Å². The third kappa shape index (κ3) is 3.22. The van der Waals surface area contributed by atoms with Crippen LogP contribution >= 0.6 is 0 Å². The first-order valence-corrected chi connectivity index (χ1v) is 8.96. The summed E-state index contributed by atoms with van der Waals surface area (Å²) < 4.78 is 6.12. The van der Waals surface area contributed by atoms with Gasteiger partial charge < -0.3 is 4.74 Å². The SMILES string of the molecule is C=C(C)C(=O)OC(C)(C1CCCCC1)C1Cc2ccccc2C1. The van der Waals surface area contributed by atoms with Crippen LogP contribution in [0.4, 0.5) is 0 Å². The van der Waals surface area contributed by atoms with E-state index in [1.54, 1.807) is 6.92 Å². The normalized spacial score (nSPS) is 21.5. The molecule has 2 aliphatic carbocycles. The maximum atomic E-state index is 12.3. The Labute approximate surface area is 139 Å². The van der Waals surface area contributed by atoms with Crippen molar-refractivity contribution in [2.45, 2.75) is 64.4 Å². The fraction of sp³-hybridized carbons (Fsp3) is 0.571. The highest BCUT2D eigenvalue weighted by Crippen LogP contribution is 2.45. The zero-order chi connectivity index (χ0) is 16.4. The zero-order valence-corrected chi connectivity index (χ0v) is 14.4. The van der Waals surface area contributed by atoms with Gasteiger partial charge in [-0.1, -0.05) is 50.1 Å². The van der Waals surface area contributed by atoms with Crippen LogP contribution in [-0.4, -0.2) is 11.6 Å². The molecule has 124 valence electrons. The minimum Gasteiger partial charge on any atom is -0.455 e. The second kappa shape index (κ2) is 6.51. The van der Waals surface area contributed by atoms with Crippen molar-refractivity contribution in [3.63, 3.8) is 0 Å². The molecule has 1 aromatic carbocycles. The highest BCUT2D eigenvalue weighted by molar-refractivity contribution is 5.87. The summed E-state index contributed by atoms with van der Waals surface area (Å²) in [5.74, 6) is 0.624. The molecule has 0 heterocycles. The van der Waals surface area contributed by atoms with Gasteiger partial charge in [-0.15, -0.1) is 0 Å². The van der Waals surface area contributed by atoms with Crippen LogP contribution in [0.25, 0.3) is 0 Å². The molecule has 23 heavy (non-hydrogen) atoms. The van der Waals surface area contributed by atoms with E-state index in [4.69, 9.17) is 4.74 Å². The third-order valence-corrected chi connectivity index (χ3v) is 5.94. The maximum absolute atomic E-state index is 12.3. The average Bonchev–Trinajstić information content (AvgIpc) is 3.00. The lowest BCUT2D eigenvalue weighted by Gasteiger charge is -2.43. The van der Waals surface area contributed by atoms with Crippen molar-refractivity contribution < 1.29 is 9.53 Å². The molecule has 1 atom stereocenters. The van der Waals surface area contributed by atoms with Gasteiger partial charge in [-0.3, -0.25) is 0 Å². The van der Waals surface area contributed by atoms with Crippen molar-refractivity contribution in [3.05, 3.63) is 47.5 Å². The largest absolute Gasteiger partial charge is 0.455 e. The quantitative estimate of drug-likeness (QED) is 0.586. The Morgan fingerprint density at radius 1 is 1.09 bits per heavy atom. The predicted octanol–water partition coefficient (Wildman–Crippen LogP) is 4.86. The van der Waals surface area contributed by atoms with Crippen LogP contribution in [0.3, 0.4) is 0 Å². The van der Waals surface area contributed by atoms with Gasteiger partial charge in [0.25, 0.3) is 0 Å². The minimum atomic E-state index is -0.379. The Balaban J connectivity index is 1.86. The summed E-state index contributed by atoms with van der Waals surface area (Å²) in [5, 5.41) is 0. The first kappa shape index (κ1) is 16.3. The number of hydrogen-bond donors (Lipinski definition) is 0. The topological polar surface area (TPSA) is 26.3 Å². The Morgan fingerprint density at radius 2 is 1.65 bits per heavy atom. The van der Waals surface area contributed by atoms with Crippen molar-refractivity contribution in [1.82, 2.24) is 0 Å². The molecule has 0 saturated heterocycles. The molecule has 2 aliphatic rings. The predicted molar refractivity (Wildman–Crippen MR) is 93.2 cm³/mol. The zero-order valence-electron chi connectivity index (χ0n) is 14.4. The molecule has 1 fully saturated rings. The van der Waals surface area contributed by atoms with E-state index in [1.807, 2.05) is 0 Å². The Bertz CT molecular complexity index is 573. The van der Waals surface area contributed by atoms with Gasteiger partial charge in [0.2, 0.25) is 0 Å². The molecule has 0 spiro atoms. The van der Waals surface area contributed by atoms with Crippen LogP contribution in [0.15, 0.2) is 36.4 Å². The molecule has 0 N–H and O–H groups in total. The van der Waals surface area contributed by atoms with Crippen molar-refractivity contribution in [2.75, 3.05) is 0 Å². The molecule has 1 saturated carbocycles. The van der Waals surface area contributed by atoms with E-state index in [-0.39, 0.29) is 11.6 Å². The highest BCUT2D eigenvalue weighted by Gasteiger charge is 2.47. The van der Waals surface area contributed by atoms with E-state index in [0.717, 1.165) is 12.8 Å². The van der Waals surface area contributed by atoms with Crippen LogP contribution in [0, 0.1) is 11.8 Å². The van der Waals surface area contributed by atoms with E-state index in [9.17, 15) is 4.79 Å². The lowest BCUT2D eigenvalue weighted by Crippen LogP contribution is -2.47. The summed E-state index contributed by atoms with van der Waals surface area (Å²) in [4.78, 5) is 12.3. The first-order valence-electron chi connectivity index (χ1n) is 8.96. The maximum Gasteiger partial charge on any atom is 0.333 e. The first-order chi connectivity index (χ1) is 11.0. The highest BCUT2D eigenvalue weighted by atomic mass is 16.6. The van der Waals surface area contributed by atoms with E-state index in [1.165, 1.54) is 43.2 Å². The van der Waals surface area contributed by atoms with E-state index >= 15 is 0 Å². The standard InChI is InChI=1S/C21H28O2/c1-15(2)20(22)23-21(3,18-11-5-4-6-12-18)19-13-16-9-7-8-10-17(16)14-19/h7-10,18-19H,1,4-6,11-14H2,2-3H3. The molecule has 2 heteroatoms. The second-order valence-corrected chi connectivity index (χ2v) is 7.56. The lowest BCUT2D eigenvalue weighted by molar-refractivity contribution is -0.169. The summed E-state index contributed by atoms with van der Waals surface area (Å²) in [7, 11) is 0. The lowest BCUT2D eigenvalue weighted by atomic mass is 9.70. The van der Waals surface area contributed by atoms with Gasteiger partial charge in [0, 0.05) is 11.5 Å². The number of esters is 1. The number of fused-ring (bicyclic) bond motifs is 1. The van der Waals surface area contributed by atoms with Crippen molar-refractivity contribution in [3.8, 4) is 0 Å². The molecular formula is C21H28O2. The fourth-order valence-electron chi connectivity index (χ4n) is 4.43. The third-order valence-electron chi connectivity index (χ3n) is 5.94. The van der Waals surface area contributed by atoms with Crippen LogP contribution in [0.1, 0.15) is 57.1 Å². The molecule has 0 aliphatic heterocycles. The van der Waals surface area contributed by atoms with Gasteiger partial charge in [0.1, 0.15) is 5.60 Å². The number of hydrogen-bond acceptors (Lipinski definition) is 2. The molecule has 0 radical (unpaired) electrons. The molecular weight excluding hydrogens is 284 g/mol. The molecule has 1 unspecified atom stereocenters. The molecule has 1 aromatic rings. The minimum absolute atomic E-state index is 0.228. The van der Waals surface area contributed by atoms with Crippen LogP contribution < -0.4 is 0 Å². The Hall–Kier alpha value is -1.57. The number of carbonyl (C=O) groups excluding carboxylic acids is 1. The number of benzene rings is 1. The number of carbonyl (C=O) groups is 1. The second-order valence-electron chi connectivity index (χ2n) is 7.56. The number of ether oxygens (including phenoxy) is 1. The van der Waals surface area contributed by atoms with Gasteiger partial charge in [0.15, 0.2) is 0 Å². The van der Waals surface area contributed by atoms with Gasteiger partial charge in [-0.25, -0.2) is 4.79 Å². The van der Waals surface area contributed by atoms with Gasteiger partial charge in [-0.05, 0) is 56.6 Å². The summed E-state index contributed by atoms with van der Waals surface area (Å²) in [5.41, 5.74) is 2.97. The van der Waals surface area contributed by atoms with Crippen LogP contribution in [-0.2, 0) is 22.4 Å². The number of rotatable bonds is 4. The Kier molecular flexibility index (Phi) is 4.61. The molecule has 0 aromatic heterocycles. The smallest absolute Gasteiger partial charge is 0.333 e. The summed E-state index contributed by atoms with van der Waals surface area (Å²) >= 11 is 0. The van der Waals surface area contributed by atoms with Crippen molar-refractivity contribution >= 4 is 5.97 Å². The van der Waals surface area contributed by atoms with Gasteiger partial charge >= 0.3 is 5.97 Å². The van der Waals surface area contributed by atoms with Crippen molar-refractivity contribution in [1.29, 1.82) is 0 Å². The molecule has 3 rings (SSSR count). The fourth-order valence-corrected chi connectivity index (χ4v) is 4.43. The van der Waals surface area contributed by atoms with E-state index in [0.29, 0.717) is 17.4 Å². The van der Waals surface area contributed by atoms with Crippen LogP contribution in [0.5, 0.6) is 0 Å². The molecule has 2 nitrogen and oxygen atoms in total. The Morgan fingerprint density at radius 3 is 2.17 bits per heavy atom. The van der Waals surface area contributed by atoms with Gasteiger partial charge in [-0.2, -0.15) is 0 Å². The summed E-state index contributed by atoms with van der Waals surface area (Å²) in [6, 6.07) is 8.66. The summed E-state index contributed by atoms with van der Waals surface area (Å²) in [6.07, 6.45) is 8.21. The average molecular weight is 312 g/mol. The monoisotopic (exact) mass is 312 g/mol. The van der Waals surface area contributed by atoms with Crippen molar-refractivity contribution in [2.24, 2.45) is 11.8 Å². The van der Waals surface area contributed by atoms with E-state index < -0.39 is 0 Å². The molecule has 0 bridgehead atoms. The summed E-state index contributed by atoms with van der Waals surface area (Å²) in [6.45, 7) is 7.70.